The summed E-state index contributed by atoms with van der Waals surface area (Å²) in [6, 6.07) is 7.88. The van der Waals surface area contributed by atoms with E-state index in [0.717, 1.165) is 17.9 Å². The molecule has 0 unspecified atom stereocenters. The number of hydrogen-bond acceptors (Lipinski definition) is 0. The fraction of sp³-hybridized carbons (Fsp3) is 0.455. The zero-order chi connectivity index (χ0) is 18.0. The van der Waals surface area contributed by atoms with Gasteiger partial charge in [0.25, 0.3) is 0 Å². The van der Waals surface area contributed by atoms with Crippen LogP contribution in [0.2, 0.25) is 0 Å². The summed E-state index contributed by atoms with van der Waals surface area (Å²) < 4.78 is 41.8. The summed E-state index contributed by atoms with van der Waals surface area (Å²) in [6.07, 6.45) is 6.06. The molecule has 0 atom stereocenters. The van der Waals surface area contributed by atoms with Gasteiger partial charge in [-0.15, -0.1) is 0 Å². The van der Waals surface area contributed by atoms with E-state index in [0.29, 0.717) is 17.0 Å². The molecule has 0 saturated heterocycles. The molecule has 1 fully saturated rings. The van der Waals surface area contributed by atoms with Crippen molar-refractivity contribution in [2.24, 2.45) is 11.8 Å². The van der Waals surface area contributed by atoms with Crippen LogP contribution in [0.5, 0.6) is 0 Å². The second-order valence-electron chi connectivity index (χ2n) is 7.62. The lowest BCUT2D eigenvalue weighted by atomic mass is 9.80. The molecule has 1 aliphatic rings. The molecule has 2 aromatic rings. The minimum Gasteiger partial charge on any atom is -0.207 e. The molecule has 134 valence electrons. The Morgan fingerprint density at radius 3 is 2.04 bits per heavy atom. The fourth-order valence-corrected chi connectivity index (χ4v) is 3.75. The van der Waals surface area contributed by atoms with E-state index in [9.17, 15) is 13.2 Å². The summed E-state index contributed by atoms with van der Waals surface area (Å²) >= 11 is 0. The first-order valence-electron chi connectivity index (χ1n) is 9.14. The van der Waals surface area contributed by atoms with Gasteiger partial charge in [-0.25, -0.2) is 13.2 Å². The quantitative estimate of drug-likeness (QED) is 0.603. The van der Waals surface area contributed by atoms with E-state index in [1.165, 1.54) is 44.7 Å². The highest BCUT2D eigenvalue weighted by molar-refractivity contribution is 5.33. The zero-order valence-electron chi connectivity index (χ0n) is 14.9. The predicted octanol–water partition coefficient (Wildman–Crippen LogP) is 6.37. The monoisotopic (exact) mass is 346 g/mol. The summed E-state index contributed by atoms with van der Waals surface area (Å²) in [7, 11) is 0. The third-order valence-corrected chi connectivity index (χ3v) is 5.51. The van der Waals surface area contributed by atoms with Crippen LogP contribution in [0.3, 0.4) is 0 Å². The summed E-state index contributed by atoms with van der Waals surface area (Å²) in [5.74, 6) is -0.00687. The fourth-order valence-electron chi connectivity index (χ4n) is 3.75. The normalized spacial score (nSPS) is 20.7. The SMILES string of the molecule is Cc1c(F)cc(Cc2ccc(CC3CCC(C)CC3)cc2F)cc1F. The molecule has 0 nitrogen and oxygen atoms in total. The van der Waals surface area contributed by atoms with E-state index >= 15 is 0 Å². The van der Waals surface area contributed by atoms with Crippen LogP contribution in [0, 0.1) is 36.2 Å². The first kappa shape index (κ1) is 18.0. The van der Waals surface area contributed by atoms with Crippen molar-refractivity contribution in [2.45, 2.75) is 52.4 Å². The Morgan fingerprint density at radius 1 is 0.840 bits per heavy atom. The van der Waals surface area contributed by atoms with Crippen molar-refractivity contribution in [1.82, 2.24) is 0 Å². The Bertz CT molecular complexity index is 720. The van der Waals surface area contributed by atoms with Gasteiger partial charge in [-0.1, -0.05) is 31.9 Å². The molecule has 0 amide bonds. The van der Waals surface area contributed by atoms with Gasteiger partial charge in [-0.05, 0) is 72.9 Å². The number of rotatable bonds is 4. The molecule has 1 aliphatic carbocycles. The minimum absolute atomic E-state index is 0.00127. The maximum absolute atomic E-state index is 14.4. The lowest BCUT2D eigenvalue weighted by Gasteiger charge is -2.26. The number of hydrogen-bond donors (Lipinski definition) is 0. The molecule has 25 heavy (non-hydrogen) atoms. The average Bonchev–Trinajstić information content (AvgIpc) is 2.57. The Hall–Kier alpha value is -1.77. The van der Waals surface area contributed by atoms with Gasteiger partial charge in [0.2, 0.25) is 0 Å². The zero-order valence-corrected chi connectivity index (χ0v) is 14.9. The summed E-state index contributed by atoms with van der Waals surface area (Å²) in [5.41, 5.74) is 1.95. The Kier molecular flexibility index (Phi) is 5.51. The summed E-state index contributed by atoms with van der Waals surface area (Å²) in [6.45, 7) is 3.69. The Morgan fingerprint density at radius 2 is 1.44 bits per heavy atom. The Labute approximate surface area is 148 Å². The molecule has 0 aromatic heterocycles. The highest BCUT2D eigenvalue weighted by Gasteiger charge is 2.19. The van der Waals surface area contributed by atoms with Crippen LogP contribution in [0.25, 0.3) is 0 Å². The third kappa shape index (κ3) is 4.45. The van der Waals surface area contributed by atoms with Gasteiger partial charge in [0.15, 0.2) is 0 Å². The molecule has 0 aliphatic heterocycles. The molecule has 3 rings (SSSR count). The lowest BCUT2D eigenvalue weighted by Crippen LogP contribution is -2.14. The maximum Gasteiger partial charge on any atom is 0.129 e. The van der Waals surface area contributed by atoms with Crippen LogP contribution in [-0.2, 0) is 12.8 Å². The number of benzene rings is 2. The minimum atomic E-state index is -0.585. The Balaban J connectivity index is 1.70. The van der Waals surface area contributed by atoms with Crippen molar-refractivity contribution in [2.75, 3.05) is 0 Å². The lowest BCUT2D eigenvalue weighted by molar-refractivity contribution is 0.289. The van der Waals surface area contributed by atoms with Crippen LogP contribution >= 0.6 is 0 Å². The molecule has 1 saturated carbocycles. The van der Waals surface area contributed by atoms with Gasteiger partial charge < -0.3 is 0 Å². The molecule has 0 bridgehead atoms. The van der Waals surface area contributed by atoms with E-state index in [4.69, 9.17) is 0 Å². The molecule has 0 radical (unpaired) electrons. The van der Waals surface area contributed by atoms with Crippen molar-refractivity contribution in [3.05, 3.63) is 70.0 Å². The summed E-state index contributed by atoms with van der Waals surface area (Å²) in [4.78, 5) is 0. The molecule has 2 aromatic carbocycles. The largest absolute Gasteiger partial charge is 0.207 e. The van der Waals surface area contributed by atoms with E-state index in [2.05, 4.69) is 6.92 Å². The second-order valence-corrected chi connectivity index (χ2v) is 7.62. The van der Waals surface area contributed by atoms with Crippen LogP contribution in [0.4, 0.5) is 13.2 Å². The molecular weight excluding hydrogens is 321 g/mol. The van der Waals surface area contributed by atoms with Gasteiger partial charge in [0.05, 0.1) is 0 Å². The molecule has 0 N–H and O–H groups in total. The smallest absolute Gasteiger partial charge is 0.129 e. The van der Waals surface area contributed by atoms with Crippen LogP contribution in [0.15, 0.2) is 30.3 Å². The van der Waals surface area contributed by atoms with E-state index in [1.54, 1.807) is 12.1 Å². The first-order chi connectivity index (χ1) is 11.9. The third-order valence-electron chi connectivity index (χ3n) is 5.51. The van der Waals surface area contributed by atoms with E-state index in [1.807, 2.05) is 6.07 Å². The molecule has 0 heterocycles. The topological polar surface area (TPSA) is 0 Å². The maximum atomic E-state index is 14.4. The predicted molar refractivity (Wildman–Crippen MR) is 95.1 cm³/mol. The van der Waals surface area contributed by atoms with Gasteiger partial charge in [-0.3, -0.25) is 0 Å². The second kappa shape index (κ2) is 7.63. The van der Waals surface area contributed by atoms with Gasteiger partial charge in [-0.2, -0.15) is 0 Å². The molecule has 0 spiro atoms. The summed E-state index contributed by atoms with van der Waals surface area (Å²) in [5, 5.41) is 0. The standard InChI is InChI=1S/C22H25F3/c1-14-3-5-16(6-4-14)9-17-7-8-19(22(25)11-17)10-18-12-20(23)15(2)21(24)13-18/h7-8,11-14,16H,3-6,9-10H2,1-2H3. The van der Waals surface area contributed by atoms with Crippen molar-refractivity contribution < 1.29 is 13.2 Å². The van der Waals surface area contributed by atoms with E-state index in [-0.39, 0.29) is 17.8 Å². The number of halogens is 3. The van der Waals surface area contributed by atoms with Crippen LogP contribution in [-0.4, -0.2) is 0 Å². The van der Waals surface area contributed by atoms with Gasteiger partial charge >= 0.3 is 0 Å². The van der Waals surface area contributed by atoms with Crippen molar-refractivity contribution in [3.8, 4) is 0 Å². The van der Waals surface area contributed by atoms with Gasteiger partial charge in [0.1, 0.15) is 17.5 Å². The van der Waals surface area contributed by atoms with E-state index < -0.39 is 11.6 Å². The van der Waals surface area contributed by atoms with Crippen LogP contribution in [0.1, 0.15) is 54.9 Å². The molecular formula is C22H25F3. The first-order valence-corrected chi connectivity index (χ1v) is 9.14. The van der Waals surface area contributed by atoms with Crippen molar-refractivity contribution >= 4 is 0 Å². The highest BCUT2D eigenvalue weighted by Crippen LogP contribution is 2.31. The average molecular weight is 346 g/mol. The van der Waals surface area contributed by atoms with Crippen LogP contribution < -0.4 is 0 Å². The van der Waals surface area contributed by atoms with Crippen molar-refractivity contribution in [1.29, 1.82) is 0 Å². The van der Waals surface area contributed by atoms with Gasteiger partial charge in [0, 0.05) is 12.0 Å². The molecule has 3 heteroatoms. The highest BCUT2D eigenvalue weighted by atomic mass is 19.1. The van der Waals surface area contributed by atoms with Crippen molar-refractivity contribution in [3.63, 3.8) is 0 Å².